The van der Waals surface area contributed by atoms with Crippen LogP contribution in [-0.4, -0.2) is 39.0 Å². The zero-order valence-electron chi connectivity index (χ0n) is 18.5. The van der Waals surface area contributed by atoms with Crippen LogP contribution in [0.15, 0.2) is 106 Å². The zero-order chi connectivity index (χ0) is 23.3. The van der Waals surface area contributed by atoms with Gasteiger partial charge in [-0.05, 0) is 48.7 Å². The van der Waals surface area contributed by atoms with Crippen molar-refractivity contribution < 1.29 is 8.42 Å². The third-order valence-corrected chi connectivity index (χ3v) is 7.15. The van der Waals surface area contributed by atoms with Crippen LogP contribution in [0.1, 0.15) is 0 Å². The molecule has 6 nitrogen and oxygen atoms in total. The van der Waals surface area contributed by atoms with Gasteiger partial charge in [-0.1, -0.05) is 30.4 Å². The van der Waals surface area contributed by atoms with Crippen LogP contribution < -0.4 is 15.5 Å². The van der Waals surface area contributed by atoms with E-state index >= 15 is 0 Å². The van der Waals surface area contributed by atoms with Crippen LogP contribution in [-0.2, 0) is 9.84 Å². The highest BCUT2D eigenvalue weighted by atomic mass is 32.2. The summed E-state index contributed by atoms with van der Waals surface area (Å²) in [6, 6.07) is 19.0. The van der Waals surface area contributed by atoms with E-state index in [0.717, 1.165) is 39.9 Å². The summed E-state index contributed by atoms with van der Waals surface area (Å²) in [6.07, 6.45) is 11.0. The molecule has 0 saturated heterocycles. The van der Waals surface area contributed by atoms with Crippen LogP contribution in [0.4, 0.5) is 17.1 Å². The molecule has 2 heterocycles. The van der Waals surface area contributed by atoms with Gasteiger partial charge in [0.15, 0.2) is 9.84 Å². The normalized spacial score (nSPS) is 13.5. The van der Waals surface area contributed by atoms with Crippen molar-refractivity contribution in [1.29, 1.82) is 0 Å². The van der Waals surface area contributed by atoms with Crippen molar-refractivity contribution in [3.8, 4) is 0 Å². The second-order valence-electron chi connectivity index (χ2n) is 7.58. The number of nitrogens with one attached hydrogen (secondary N) is 2. The van der Waals surface area contributed by atoms with E-state index < -0.39 is 9.84 Å². The van der Waals surface area contributed by atoms with Crippen molar-refractivity contribution in [2.24, 2.45) is 0 Å². The number of benzene rings is 2. The molecule has 0 atom stereocenters. The minimum absolute atomic E-state index is 0.285. The van der Waals surface area contributed by atoms with E-state index in [4.69, 9.17) is 0 Å². The molecular formula is C25H26N4O2S2. The van der Waals surface area contributed by atoms with Crippen molar-refractivity contribution >= 4 is 38.7 Å². The van der Waals surface area contributed by atoms with E-state index in [-0.39, 0.29) is 4.90 Å². The van der Waals surface area contributed by atoms with E-state index in [1.54, 1.807) is 42.4 Å². The van der Waals surface area contributed by atoms with Crippen LogP contribution in [0.25, 0.3) is 0 Å². The third-order valence-electron chi connectivity index (χ3n) is 5.25. The molecule has 0 radical (unpaired) electrons. The van der Waals surface area contributed by atoms with Gasteiger partial charge in [0.05, 0.1) is 29.0 Å². The van der Waals surface area contributed by atoms with Crippen LogP contribution in [0.5, 0.6) is 0 Å². The number of aromatic nitrogens is 1. The predicted octanol–water partition coefficient (Wildman–Crippen LogP) is 4.83. The lowest BCUT2D eigenvalue weighted by Crippen LogP contribution is -2.29. The molecule has 0 fully saturated rings. The highest BCUT2D eigenvalue weighted by molar-refractivity contribution is 7.98. The highest BCUT2D eigenvalue weighted by Gasteiger charge is 2.18. The van der Waals surface area contributed by atoms with Gasteiger partial charge < -0.3 is 15.5 Å². The largest absolute Gasteiger partial charge is 0.368 e. The van der Waals surface area contributed by atoms with Gasteiger partial charge in [-0.2, -0.15) is 0 Å². The molecule has 0 bridgehead atoms. The summed E-state index contributed by atoms with van der Waals surface area (Å²) in [6.45, 7) is 1.25. The lowest BCUT2D eigenvalue weighted by atomic mass is 10.1. The maximum absolute atomic E-state index is 12.2. The monoisotopic (exact) mass is 478 g/mol. The second-order valence-corrected chi connectivity index (χ2v) is 10.4. The molecule has 1 aliphatic rings. The Morgan fingerprint density at radius 2 is 1.91 bits per heavy atom. The number of hydrogen-bond acceptors (Lipinski definition) is 7. The van der Waals surface area contributed by atoms with E-state index in [0.29, 0.717) is 6.54 Å². The molecule has 0 spiro atoms. The first-order valence-electron chi connectivity index (χ1n) is 10.5. The molecule has 33 heavy (non-hydrogen) atoms. The van der Waals surface area contributed by atoms with Gasteiger partial charge in [0, 0.05) is 35.2 Å². The van der Waals surface area contributed by atoms with E-state index in [1.807, 2.05) is 30.3 Å². The Labute approximate surface area is 199 Å². The molecule has 2 N–H and O–H groups in total. The molecule has 1 aliphatic heterocycles. The average molecular weight is 479 g/mol. The Hall–Kier alpha value is -3.23. The fourth-order valence-electron chi connectivity index (χ4n) is 3.60. The molecule has 4 rings (SSSR count). The Bertz CT molecular complexity index is 1290. The number of sulfone groups is 1. The molecule has 1 aromatic heterocycles. The summed E-state index contributed by atoms with van der Waals surface area (Å²) in [4.78, 5) is 7.79. The molecular weight excluding hydrogens is 452 g/mol. The SMILES string of the molecule is CSc1ccccc1NC1=C(CN(c2cccnc2)c2cccc(S(C)(=O)=O)c2)C=CCN1. The molecule has 170 valence electrons. The summed E-state index contributed by atoms with van der Waals surface area (Å²) in [7, 11) is -3.33. The quantitative estimate of drug-likeness (QED) is 0.449. The maximum atomic E-state index is 12.2. The van der Waals surface area contributed by atoms with Gasteiger partial charge in [-0.15, -0.1) is 11.8 Å². The van der Waals surface area contributed by atoms with Gasteiger partial charge in [0.25, 0.3) is 0 Å². The lowest BCUT2D eigenvalue weighted by molar-refractivity contribution is 0.602. The first-order valence-corrected chi connectivity index (χ1v) is 13.6. The minimum atomic E-state index is -3.33. The number of anilines is 3. The molecule has 0 saturated carbocycles. The summed E-state index contributed by atoms with van der Waals surface area (Å²) in [5.41, 5.74) is 3.73. The van der Waals surface area contributed by atoms with Gasteiger partial charge in [0.2, 0.25) is 0 Å². The lowest BCUT2D eigenvalue weighted by Gasteiger charge is -2.28. The molecule has 0 amide bonds. The summed E-state index contributed by atoms with van der Waals surface area (Å²) < 4.78 is 24.4. The van der Waals surface area contributed by atoms with Gasteiger partial charge in [-0.3, -0.25) is 4.98 Å². The summed E-state index contributed by atoms with van der Waals surface area (Å²) in [5, 5.41) is 7.00. The van der Waals surface area contributed by atoms with Gasteiger partial charge >= 0.3 is 0 Å². The number of hydrogen-bond donors (Lipinski definition) is 2. The number of thioether (sulfide) groups is 1. The second kappa shape index (κ2) is 10.1. The smallest absolute Gasteiger partial charge is 0.175 e. The van der Waals surface area contributed by atoms with E-state index in [9.17, 15) is 8.42 Å². The first kappa shape index (κ1) is 22.9. The standard InChI is InChI=1S/C25H26N4O2S2/c1-32-24-13-4-3-12-23(24)28-25-19(8-6-15-27-25)18-29(21-10-7-14-26-17-21)20-9-5-11-22(16-20)33(2,30)31/h3-14,16-17,27-28H,15,18H2,1-2H3. The fourth-order valence-corrected chi connectivity index (χ4v) is 4.81. The average Bonchev–Trinajstić information content (AvgIpc) is 2.84. The first-order chi connectivity index (χ1) is 16.0. The Morgan fingerprint density at radius 3 is 2.67 bits per heavy atom. The summed E-state index contributed by atoms with van der Waals surface area (Å²) >= 11 is 1.69. The van der Waals surface area contributed by atoms with Crippen LogP contribution in [0, 0.1) is 0 Å². The molecule has 0 aliphatic carbocycles. The Kier molecular flexibility index (Phi) is 7.05. The van der Waals surface area contributed by atoms with Gasteiger partial charge in [-0.25, -0.2) is 8.42 Å². The molecule has 0 unspecified atom stereocenters. The zero-order valence-corrected chi connectivity index (χ0v) is 20.2. The highest BCUT2D eigenvalue weighted by Crippen LogP contribution is 2.30. The van der Waals surface area contributed by atoms with Crippen molar-refractivity contribution in [3.05, 3.63) is 96.6 Å². The van der Waals surface area contributed by atoms with Crippen molar-refractivity contribution in [2.45, 2.75) is 9.79 Å². The van der Waals surface area contributed by atoms with Crippen molar-refractivity contribution in [3.63, 3.8) is 0 Å². The third kappa shape index (κ3) is 5.58. The molecule has 2 aromatic carbocycles. The minimum Gasteiger partial charge on any atom is -0.368 e. The Morgan fingerprint density at radius 1 is 1.09 bits per heavy atom. The maximum Gasteiger partial charge on any atom is 0.175 e. The van der Waals surface area contributed by atoms with Crippen LogP contribution in [0.2, 0.25) is 0 Å². The predicted molar refractivity (Wildman–Crippen MR) is 137 cm³/mol. The van der Waals surface area contributed by atoms with Gasteiger partial charge in [0.1, 0.15) is 5.82 Å². The number of nitrogens with zero attached hydrogens (tertiary/aromatic N) is 2. The number of dihydropyridines is 1. The Balaban J connectivity index is 1.74. The van der Waals surface area contributed by atoms with E-state index in [2.05, 4.69) is 51.1 Å². The van der Waals surface area contributed by atoms with Crippen molar-refractivity contribution in [1.82, 2.24) is 10.3 Å². The summed E-state index contributed by atoms with van der Waals surface area (Å²) in [5.74, 6) is 0.923. The van der Waals surface area contributed by atoms with E-state index in [1.165, 1.54) is 6.26 Å². The molecule has 8 heteroatoms. The fraction of sp³-hybridized carbons (Fsp3) is 0.160. The number of rotatable bonds is 8. The van der Waals surface area contributed by atoms with Crippen LogP contribution in [0.3, 0.4) is 0 Å². The topological polar surface area (TPSA) is 74.3 Å². The number of para-hydroxylation sites is 1. The molecule has 3 aromatic rings. The van der Waals surface area contributed by atoms with Crippen LogP contribution >= 0.6 is 11.8 Å². The van der Waals surface area contributed by atoms with Crippen molar-refractivity contribution in [2.75, 3.05) is 35.8 Å². The number of pyridine rings is 1.